The number of aryl methyl sites for hydroxylation is 1. The molecule has 0 aromatic carbocycles. The third kappa shape index (κ3) is 4.20. The number of nitrogens with two attached hydrogens (primary N) is 1. The van der Waals surface area contributed by atoms with Gasteiger partial charge in [-0.15, -0.1) is 0 Å². The normalized spacial score (nSPS) is 17.9. The molecular weight excluding hydrogens is 467 g/mol. The molecule has 0 saturated carbocycles. The highest BCUT2D eigenvalue weighted by molar-refractivity contribution is 6.07. The molecule has 2 bridgehead atoms. The van der Waals surface area contributed by atoms with Crippen molar-refractivity contribution in [2.75, 3.05) is 34.8 Å². The van der Waals surface area contributed by atoms with E-state index in [1.165, 1.54) is 11.0 Å². The molecule has 14 heteroatoms. The topological polar surface area (TPSA) is 145 Å². The largest absolute Gasteiger partial charge is 0.405 e. The van der Waals surface area contributed by atoms with Crippen molar-refractivity contribution in [2.45, 2.75) is 31.6 Å². The molecule has 2 aliphatic rings. The number of nitrogens with zero attached hydrogens (tertiary/aromatic N) is 5. The Labute approximate surface area is 196 Å². The number of carbonyl (C=O) groups excluding carboxylic acids is 2. The highest BCUT2D eigenvalue weighted by atomic mass is 19.4. The molecule has 11 nitrogen and oxygen atoms in total. The van der Waals surface area contributed by atoms with Crippen LogP contribution in [0.1, 0.15) is 22.6 Å². The Morgan fingerprint density at radius 1 is 1.26 bits per heavy atom. The lowest BCUT2D eigenvalue weighted by molar-refractivity contribution is -0.146. The molecule has 5 rings (SSSR count). The van der Waals surface area contributed by atoms with Crippen molar-refractivity contribution < 1.29 is 22.8 Å². The van der Waals surface area contributed by atoms with Gasteiger partial charge in [-0.2, -0.15) is 18.3 Å². The van der Waals surface area contributed by atoms with Crippen molar-refractivity contribution in [3.8, 4) is 0 Å². The Bertz CT molecular complexity index is 1310. The summed E-state index contributed by atoms with van der Waals surface area (Å²) in [6, 6.07) is 3.76. The fourth-order valence-corrected chi connectivity index (χ4v) is 4.27. The molecule has 2 aliphatic heterocycles. The van der Waals surface area contributed by atoms with Crippen molar-refractivity contribution in [1.82, 2.24) is 25.5 Å². The van der Waals surface area contributed by atoms with Crippen LogP contribution in [0.15, 0.2) is 24.3 Å². The first-order chi connectivity index (χ1) is 16.6. The number of rotatable bonds is 4. The van der Waals surface area contributed by atoms with E-state index in [9.17, 15) is 22.8 Å². The van der Waals surface area contributed by atoms with Crippen molar-refractivity contribution in [3.05, 3.63) is 35.7 Å². The van der Waals surface area contributed by atoms with Crippen LogP contribution in [0, 0.1) is 6.92 Å². The lowest BCUT2D eigenvalue weighted by Crippen LogP contribution is -2.49. The van der Waals surface area contributed by atoms with Gasteiger partial charge < -0.3 is 16.0 Å². The molecule has 3 aromatic rings. The summed E-state index contributed by atoms with van der Waals surface area (Å²) in [7, 11) is 0. The Hall–Kier alpha value is -3.94. The van der Waals surface area contributed by atoms with E-state index in [-0.39, 0.29) is 17.6 Å². The summed E-state index contributed by atoms with van der Waals surface area (Å²) in [4.78, 5) is 38.1. The van der Waals surface area contributed by atoms with Gasteiger partial charge in [0, 0.05) is 25.3 Å². The van der Waals surface area contributed by atoms with Crippen LogP contribution in [0.2, 0.25) is 0 Å². The second kappa shape index (κ2) is 8.37. The van der Waals surface area contributed by atoms with Crippen LogP contribution in [0.4, 0.5) is 35.3 Å². The maximum atomic E-state index is 13.4. The zero-order valence-electron chi connectivity index (χ0n) is 18.6. The highest BCUT2D eigenvalue weighted by Crippen LogP contribution is 2.39. The summed E-state index contributed by atoms with van der Waals surface area (Å²) in [5, 5.41) is 12.5. The Morgan fingerprint density at radius 3 is 2.83 bits per heavy atom. The zero-order valence-corrected chi connectivity index (χ0v) is 18.6. The highest BCUT2D eigenvalue weighted by Gasteiger charge is 2.41. The Balaban J connectivity index is 1.41. The van der Waals surface area contributed by atoms with Crippen molar-refractivity contribution in [3.63, 3.8) is 0 Å². The van der Waals surface area contributed by atoms with Gasteiger partial charge in [0.2, 0.25) is 0 Å². The van der Waals surface area contributed by atoms with Crippen LogP contribution in [0.25, 0.3) is 11.0 Å². The van der Waals surface area contributed by atoms with E-state index in [0.717, 1.165) is 5.69 Å². The molecule has 0 aliphatic carbocycles. The number of halogens is 3. The number of aromatic nitrogens is 4. The number of urea groups is 1. The number of carbonyl (C=O) groups is 2. The number of amides is 3. The Morgan fingerprint density at radius 2 is 2.06 bits per heavy atom. The fourth-order valence-electron chi connectivity index (χ4n) is 4.27. The van der Waals surface area contributed by atoms with E-state index in [1.54, 1.807) is 18.2 Å². The second-order valence-corrected chi connectivity index (χ2v) is 8.51. The maximum Gasteiger partial charge on any atom is 0.405 e. The molecule has 3 aromatic heterocycles. The molecule has 0 radical (unpaired) electrons. The first-order valence-corrected chi connectivity index (χ1v) is 10.9. The van der Waals surface area contributed by atoms with Crippen LogP contribution >= 0.6 is 0 Å². The van der Waals surface area contributed by atoms with Gasteiger partial charge in [-0.25, -0.2) is 14.8 Å². The number of aromatic amines is 1. The van der Waals surface area contributed by atoms with Gasteiger partial charge in [-0.3, -0.25) is 20.1 Å². The number of hydrogen-bond acceptors (Lipinski definition) is 7. The van der Waals surface area contributed by atoms with Gasteiger partial charge in [0.15, 0.2) is 17.3 Å². The smallest absolute Gasteiger partial charge is 0.366 e. The average Bonchev–Trinajstić information content (AvgIpc) is 3.41. The van der Waals surface area contributed by atoms with Gasteiger partial charge in [0.1, 0.15) is 11.7 Å². The molecule has 1 saturated heterocycles. The van der Waals surface area contributed by atoms with Crippen LogP contribution in [0.5, 0.6) is 0 Å². The molecule has 5 N–H and O–H groups in total. The fraction of sp³-hybridized carbons (Fsp3) is 0.381. The first-order valence-electron chi connectivity index (χ1n) is 10.9. The monoisotopic (exact) mass is 489 g/mol. The summed E-state index contributed by atoms with van der Waals surface area (Å²) >= 11 is 0. The number of nitrogens with one attached hydrogen (secondary N) is 3. The summed E-state index contributed by atoms with van der Waals surface area (Å²) in [5.74, 6) is -0.270. The third-order valence-electron chi connectivity index (χ3n) is 6.09. The van der Waals surface area contributed by atoms with Gasteiger partial charge in [-0.1, -0.05) is 0 Å². The van der Waals surface area contributed by atoms with Gasteiger partial charge in [-0.05, 0) is 37.6 Å². The van der Waals surface area contributed by atoms with E-state index in [2.05, 4.69) is 35.7 Å². The summed E-state index contributed by atoms with van der Waals surface area (Å²) in [6.45, 7) is 2.34. The minimum atomic E-state index is -4.64. The third-order valence-corrected chi connectivity index (χ3v) is 6.09. The minimum Gasteiger partial charge on any atom is -0.366 e. The standard InChI is InChI=1S/C21H22F3N9O2/c1-10-2-3-12-16(27-10)30-31-17(12)29-20(35)33-11-6-7-32(9-11)14-5-4-13(28-18(14)33)19(34)26-8-15(25)21(22,23)24/h2-5,11,15H,6-9,25H2,1H3,(H,26,34)(H2,27,29,30,31,35)/t11-,15+/m0/s1. The van der Waals surface area contributed by atoms with Crippen LogP contribution in [-0.4, -0.2) is 70.0 Å². The molecule has 5 heterocycles. The SMILES string of the molecule is Cc1ccc2c(NC(=O)N3c4nc(C(=O)NC[C@@H](N)C(F)(F)F)ccc4N4CC[C@H]3C4)n[nH]c2n1. The minimum absolute atomic E-state index is 0.122. The van der Waals surface area contributed by atoms with E-state index >= 15 is 0 Å². The summed E-state index contributed by atoms with van der Waals surface area (Å²) < 4.78 is 38.0. The molecule has 0 spiro atoms. The molecule has 35 heavy (non-hydrogen) atoms. The first kappa shape index (κ1) is 22.8. The van der Waals surface area contributed by atoms with E-state index in [0.29, 0.717) is 42.0 Å². The number of hydrogen-bond donors (Lipinski definition) is 4. The van der Waals surface area contributed by atoms with Crippen LogP contribution in [0.3, 0.4) is 0 Å². The lowest BCUT2D eigenvalue weighted by Gasteiger charge is -2.35. The van der Waals surface area contributed by atoms with Crippen LogP contribution < -0.4 is 26.2 Å². The van der Waals surface area contributed by atoms with Gasteiger partial charge in [0.05, 0.1) is 17.1 Å². The number of alkyl halides is 3. The summed E-state index contributed by atoms with van der Waals surface area (Å²) in [6.07, 6.45) is -3.95. The maximum absolute atomic E-state index is 13.4. The van der Waals surface area contributed by atoms with Gasteiger partial charge >= 0.3 is 12.2 Å². The number of pyridine rings is 2. The number of anilines is 3. The lowest BCUT2D eigenvalue weighted by atomic mass is 10.1. The molecular formula is C21H22F3N9O2. The molecule has 3 amide bonds. The van der Waals surface area contributed by atoms with Crippen LogP contribution in [-0.2, 0) is 0 Å². The van der Waals surface area contributed by atoms with Crippen molar-refractivity contribution in [1.29, 1.82) is 0 Å². The predicted octanol–water partition coefficient (Wildman–Crippen LogP) is 1.91. The molecule has 1 fully saturated rings. The van der Waals surface area contributed by atoms with E-state index in [4.69, 9.17) is 5.73 Å². The quantitative estimate of drug-likeness (QED) is 0.438. The molecule has 184 valence electrons. The zero-order chi connectivity index (χ0) is 24.9. The van der Waals surface area contributed by atoms with Gasteiger partial charge in [0.25, 0.3) is 5.91 Å². The average molecular weight is 489 g/mol. The number of H-pyrrole nitrogens is 1. The number of fused-ring (bicyclic) bond motifs is 5. The van der Waals surface area contributed by atoms with Crippen molar-refractivity contribution >= 4 is 40.3 Å². The second-order valence-electron chi connectivity index (χ2n) is 8.51. The Kier molecular flexibility index (Phi) is 5.46. The molecule has 2 atom stereocenters. The van der Waals surface area contributed by atoms with E-state index in [1.807, 2.05) is 6.92 Å². The molecule has 0 unspecified atom stereocenters. The summed E-state index contributed by atoms with van der Waals surface area (Å²) in [5.41, 5.74) is 6.92. The van der Waals surface area contributed by atoms with E-state index < -0.39 is 30.7 Å². The predicted molar refractivity (Wildman–Crippen MR) is 121 cm³/mol. The van der Waals surface area contributed by atoms with Crippen molar-refractivity contribution in [2.24, 2.45) is 5.73 Å².